The normalized spacial score (nSPS) is 12.4. The molecule has 0 rings (SSSR count). The van der Waals surface area contributed by atoms with Gasteiger partial charge < -0.3 is 14.2 Å². The molecule has 71 heavy (non-hydrogen) atoms. The van der Waals surface area contributed by atoms with Gasteiger partial charge in [0, 0.05) is 19.3 Å². The van der Waals surface area contributed by atoms with Crippen molar-refractivity contribution >= 4 is 17.9 Å². The summed E-state index contributed by atoms with van der Waals surface area (Å²) in [6.07, 6.45) is 63.8. The molecule has 0 aromatic carbocycles. The van der Waals surface area contributed by atoms with Crippen molar-refractivity contribution < 1.29 is 28.6 Å². The van der Waals surface area contributed by atoms with E-state index in [1.807, 2.05) is 0 Å². The van der Waals surface area contributed by atoms with Crippen molar-refractivity contribution in [3.63, 3.8) is 0 Å². The summed E-state index contributed by atoms with van der Waals surface area (Å²) >= 11 is 0. The molecular formula is C65H126O6. The van der Waals surface area contributed by atoms with Crippen LogP contribution in [0.4, 0.5) is 0 Å². The van der Waals surface area contributed by atoms with Gasteiger partial charge in [-0.25, -0.2) is 0 Å². The highest BCUT2D eigenvalue weighted by Crippen LogP contribution is 2.19. The van der Waals surface area contributed by atoms with E-state index in [1.165, 1.54) is 257 Å². The van der Waals surface area contributed by atoms with E-state index in [0.717, 1.165) is 69.6 Å². The van der Waals surface area contributed by atoms with E-state index < -0.39 is 6.10 Å². The number of hydrogen-bond donors (Lipinski definition) is 0. The maximum absolute atomic E-state index is 12.9. The summed E-state index contributed by atoms with van der Waals surface area (Å²) in [6, 6.07) is 0. The summed E-state index contributed by atoms with van der Waals surface area (Å²) in [5, 5.41) is 0. The van der Waals surface area contributed by atoms with Crippen LogP contribution in [0.3, 0.4) is 0 Å². The molecule has 0 aliphatic heterocycles. The molecule has 0 saturated heterocycles. The van der Waals surface area contributed by atoms with Crippen LogP contribution in [0.5, 0.6) is 0 Å². The monoisotopic (exact) mass is 1000 g/mol. The molecule has 0 aliphatic carbocycles. The minimum absolute atomic E-state index is 0.0618. The fourth-order valence-corrected chi connectivity index (χ4v) is 10.1. The molecular weight excluding hydrogens is 877 g/mol. The Hall–Kier alpha value is -1.59. The fourth-order valence-electron chi connectivity index (χ4n) is 10.1. The van der Waals surface area contributed by atoms with Crippen LogP contribution in [0, 0.1) is 11.8 Å². The summed E-state index contributed by atoms with van der Waals surface area (Å²) < 4.78 is 17.0. The van der Waals surface area contributed by atoms with E-state index in [1.54, 1.807) is 0 Å². The lowest BCUT2D eigenvalue weighted by Gasteiger charge is -2.18. The van der Waals surface area contributed by atoms with Crippen molar-refractivity contribution in [1.82, 2.24) is 0 Å². The third-order valence-electron chi connectivity index (χ3n) is 15.3. The first kappa shape index (κ1) is 69.4. The molecule has 0 aliphatic rings. The summed E-state index contributed by atoms with van der Waals surface area (Å²) in [6.45, 7) is 11.5. The second kappa shape index (κ2) is 57.7. The van der Waals surface area contributed by atoms with Crippen molar-refractivity contribution in [2.75, 3.05) is 13.2 Å². The Kier molecular flexibility index (Phi) is 56.4. The first-order valence-corrected chi connectivity index (χ1v) is 32.3. The predicted molar refractivity (Wildman–Crippen MR) is 307 cm³/mol. The first-order chi connectivity index (χ1) is 34.8. The average Bonchev–Trinajstić information content (AvgIpc) is 3.36. The number of hydrogen-bond acceptors (Lipinski definition) is 6. The number of ether oxygens (including phenoxy) is 3. The molecule has 6 heteroatoms. The highest BCUT2D eigenvalue weighted by Gasteiger charge is 2.19. The van der Waals surface area contributed by atoms with Crippen LogP contribution in [0.15, 0.2) is 0 Å². The van der Waals surface area contributed by atoms with Gasteiger partial charge in [-0.2, -0.15) is 0 Å². The average molecular weight is 1000 g/mol. The molecule has 6 nitrogen and oxygen atoms in total. The van der Waals surface area contributed by atoms with Crippen molar-refractivity contribution in [3.05, 3.63) is 0 Å². The summed E-state index contributed by atoms with van der Waals surface area (Å²) in [7, 11) is 0. The van der Waals surface area contributed by atoms with Crippen molar-refractivity contribution in [2.45, 2.75) is 375 Å². The molecule has 0 aromatic rings. The van der Waals surface area contributed by atoms with E-state index in [0.29, 0.717) is 19.3 Å². The maximum Gasteiger partial charge on any atom is 0.306 e. The Morgan fingerprint density at radius 1 is 0.296 bits per heavy atom. The van der Waals surface area contributed by atoms with Gasteiger partial charge in [-0.3, -0.25) is 14.4 Å². The zero-order valence-corrected chi connectivity index (χ0v) is 48.9. The molecule has 422 valence electrons. The van der Waals surface area contributed by atoms with Crippen LogP contribution in [0.25, 0.3) is 0 Å². The Morgan fingerprint density at radius 3 is 0.803 bits per heavy atom. The third-order valence-corrected chi connectivity index (χ3v) is 15.3. The summed E-state index contributed by atoms with van der Waals surface area (Å²) in [4.78, 5) is 38.3. The van der Waals surface area contributed by atoms with E-state index in [-0.39, 0.29) is 31.1 Å². The minimum Gasteiger partial charge on any atom is -0.462 e. The minimum atomic E-state index is -0.764. The number of carbonyl (C=O) groups is 3. The van der Waals surface area contributed by atoms with E-state index >= 15 is 0 Å². The van der Waals surface area contributed by atoms with Gasteiger partial charge in [0.05, 0.1) is 0 Å². The van der Waals surface area contributed by atoms with Gasteiger partial charge in [0.25, 0.3) is 0 Å². The van der Waals surface area contributed by atoms with Gasteiger partial charge in [0.2, 0.25) is 0 Å². The van der Waals surface area contributed by atoms with E-state index in [2.05, 4.69) is 34.6 Å². The molecule has 0 heterocycles. The Balaban J connectivity index is 4.29. The number of carbonyl (C=O) groups excluding carboxylic acids is 3. The number of rotatable bonds is 59. The lowest BCUT2D eigenvalue weighted by Crippen LogP contribution is -2.30. The molecule has 0 aromatic heterocycles. The van der Waals surface area contributed by atoms with Crippen LogP contribution >= 0.6 is 0 Å². The third kappa shape index (κ3) is 57.5. The quantitative estimate of drug-likeness (QED) is 0.0343. The molecule has 0 bridgehead atoms. The molecule has 0 amide bonds. The van der Waals surface area contributed by atoms with Gasteiger partial charge in [-0.1, -0.05) is 330 Å². The topological polar surface area (TPSA) is 78.9 Å². The molecule has 0 saturated carbocycles. The fraction of sp³-hybridized carbons (Fsp3) is 0.954. The van der Waals surface area contributed by atoms with Gasteiger partial charge >= 0.3 is 17.9 Å². The summed E-state index contributed by atoms with van der Waals surface area (Å²) in [5.74, 6) is 0.903. The zero-order chi connectivity index (χ0) is 51.8. The van der Waals surface area contributed by atoms with Gasteiger partial charge in [0.1, 0.15) is 13.2 Å². The molecule has 1 unspecified atom stereocenters. The Morgan fingerprint density at radius 2 is 0.535 bits per heavy atom. The van der Waals surface area contributed by atoms with Crippen LogP contribution in [-0.2, 0) is 28.6 Å². The molecule has 2 atom stereocenters. The number of esters is 3. The standard InChI is InChI=1S/C65H126O6/c1-6-8-9-10-11-12-13-14-15-16-17-18-19-25-30-35-40-45-50-55-63(66)69-58-62(59-70-64(67)56-51-46-41-36-31-27-22-23-28-33-38-43-48-53-60(3)4)71-65(68)57-52-47-42-37-32-26-21-20-24-29-34-39-44-49-54-61(5)7-2/h60-62H,6-59H2,1-5H3/t61?,62-/m0/s1. The van der Waals surface area contributed by atoms with Crippen molar-refractivity contribution in [3.8, 4) is 0 Å². The Labute approximate surface area is 444 Å². The number of unbranched alkanes of at least 4 members (excludes halogenated alkanes) is 43. The Bertz CT molecular complexity index is 1090. The smallest absolute Gasteiger partial charge is 0.306 e. The molecule has 0 spiro atoms. The maximum atomic E-state index is 12.9. The predicted octanol–water partition coefficient (Wildman–Crippen LogP) is 21.6. The van der Waals surface area contributed by atoms with Crippen LogP contribution in [0.1, 0.15) is 369 Å². The first-order valence-electron chi connectivity index (χ1n) is 32.3. The lowest BCUT2D eigenvalue weighted by atomic mass is 9.99. The molecule has 0 fully saturated rings. The van der Waals surface area contributed by atoms with Crippen LogP contribution in [0.2, 0.25) is 0 Å². The van der Waals surface area contributed by atoms with E-state index in [4.69, 9.17) is 14.2 Å². The molecule has 0 radical (unpaired) electrons. The van der Waals surface area contributed by atoms with Crippen LogP contribution in [-0.4, -0.2) is 37.2 Å². The van der Waals surface area contributed by atoms with Crippen molar-refractivity contribution in [1.29, 1.82) is 0 Å². The highest BCUT2D eigenvalue weighted by molar-refractivity contribution is 5.71. The summed E-state index contributed by atoms with van der Waals surface area (Å²) in [5.41, 5.74) is 0. The van der Waals surface area contributed by atoms with Gasteiger partial charge in [-0.15, -0.1) is 0 Å². The SMILES string of the molecule is CCCCCCCCCCCCCCCCCCCCCC(=O)OC[C@@H](COC(=O)CCCCCCCCCCCCCCCC(C)C)OC(=O)CCCCCCCCCCCCCCCCC(C)CC. The molecule has 0 N–H and O–H groups in total. The largest absolute Gasteiger partial charge is 0.462 e. The van der Waals surface area contributed by atoms with Gasteiger partial charge in [-0.05, 0) is 31.1 Å². The zero-order valence-electron chi connectivity index (χ0n) is 48.9. The van der Waals surface area contributed by atoms with Crippen molar-refractivity contribution in [2.24, 2.45) is 11.8 Å². The highest BCUT2D eigenvalue weighted by atomic mass is 16.6. The second-order valence-electron chi connectivity index (χ2n) is 23.1. The lowest BCUT2D eigenvalue weighted by molar-refractivity contribution is -0.167. The van der Waals surface area contributed by atoms with Gasteiger partial charge in [0.15, 0.2) is 6.10 Å². The van der Waals surface area contributed by atoms with Crippen LogP contribution < -0.4 is 0 Å². The van der Waals surface area contributed by atoms with E-state index in [9.17, 15) is 14.4 Å². The second-order valence-corrected chi connectivity index (χ2v) is 23.1.